The summed E-state index contributed by atoms with van der Waals surface area (Å²) in [7, 11) is 0. The fraction of sp³-hybridized carbons (Fsp3) is 0.889. The normalized spacial score (nSPS) is 12.8. The summed E-state index contributed by atoms with van der Waals surface area (Å²) in [4.78, 5) is 15.7. The SMILES string of the molecule is CCCCC(CC)CSC(=S)N(CC(CC)CCCC)O[C-]=O.[Mo]. The molecule has 0 fully saturated rings. The van der Waals surface area contributed by atoms with Crippen LogP contribution in [0.15, 0.2) is 0 Å². The Morgan fingerprint density at radius 2 is 1.62 bits per heavy atom. The molecule has 2 unspecified atom stereocenters. The maximum absolute atomic E-state index is 10.7. The van der Waals surface area contributed by atoms with E-state index in [4.69, 9.17) is 17.1 Å². The van der Waals surface area contributed by atoms with Crippen LogP contribution in [-0.2, 0) is 30.7 Å². The number of hydroxylamine groups is 2. The molecule has 0 rings (SSSR count). The van der Waals surface area contributed by atoms with E-state index in [2.05, 4.69) is 27.7 Å². The van der Waals surface area contributed by atoms with E-state index in [9.17, 15) is 4.79 Å². The molecule has 0 aromatic heterocycles. The first kappa shape index (κ1) is 26.6. The maximum atomic E-state index is 10.7. The molecular weight excluding hydrogens is 422 g/mol. The molecule has 0 bridgehead atoms. The largest absolute Gasteiger partial charge is 0.543 e. The zero-order chi connectivity index (χ0) is 17.5. The second-order valence-corrected chi connectivity index (χ2v) is 7.80. The average molecular weight is 457 g/mol. The predicted octanol–water partition coefficient (Wildman–Crippen LogP) is 5.74. The van der Waals surface area contributed by atoms with Crippen molar-refractivity contribution in [1.82, 2.24) is 5.06 Å². The number of hydrogen-bond donors (Lipinski definition) is 0. The van der Waals surface area contributed by atoms with E-state index < -0.39 is 0 Å². The first-order valence-electron chi connectivity index (χ1n) is 9.11. The van der Waals surface area contributed by atoms with E-state index in [1.165, 1.54) is 38.5 Å². The van der Waals surface area contributed by atoms with Crippen LogP contribution >= 0.6 is 24.0 Å². The Balaban J connectivity index is 0. The Labute approximate surface area is 173 Å². The summed E-state index contributed by atoms with van der Waals surface area (Å²) in [5.41, 5.74) is 0. The van der Waals surface area contributed by atoms with E-state index in [0.29, 0.717) is 22.7 Å². The van der Waals surface area contributed by atoms with Crippen LogP contribution in [0.4, 0.5) is 0 Å². The van der Waals surface area contributed by atoms with Gasteiger partial charge in [-0.25, -0.2) is 5.06 Å². The molecule has 0 aromatic rings. The molecule has 0 heterocycles. The molecule has 3 nitrogen and oxygen atoms in total. The Bertz CT molecular complexity index is 319. The molecular formula is C18H34MoNO2S2-. The number of thiocarbonyl (C=S) groups is 1. The molecule has 0 aliphatic carbocycles. The minimum atomic E-state index is 0. The zero-order valence-electron chi connectivity index (χ0n) is 15.7. The second kappa shape index (κ2) is 18.2. The molecule has 2 atom stereocenters. The number of nitrogens with zero attached hydrogens (tertiary/aromatic N) is 1. The monoisotopic (exact) mass is 458 g/mol. The predicted molar refractivity (Wildman–Crippen MR) is 105 cm³/mol. The molecule has 0 amide bonds. The van der Waals surface area contributed by atoms with E-state index in [-0.39, 0.29) is 21.1 Å². The Hall–Kier alpha value is 0.398. The number of carbonyl (C=O) groups excluding carboxylic acids is 1. The van der Waals surface area contributed by atoms with E-state index >= 15 is 0 Å². The zero-order valence-corrected chi connectivity index (χ0v) is 19.4. The summed E-state index contributed by atoms with van der Waals surface area (Å²) in [6, 6.07) is 0. The quantitative estimate of drug-likeness (QED) is 0.144. The summed E-state index contributed by atoms with van der Waals surface area (Å²) in [5, 5.41) is 1.57. The van der Waals surface area contributed by atoms with Crippen LogP contribution < -0.4 is 0 Å². The van der Waals surface area contributed by atoms with Crippen LogP contribution in [-0.4, -0.2) is 28.2 Å². The summed E-state index contributed by atoms with van der Waals surface area (Å²) in [6.45, 7) is 11.1. The Kier molecular flexibility index (Phi) is 20.2. The fourth-order valence-electron chi connectivity index (χ4n) is 2.51. The van der Waals surface area contributed by atoms with Crippen LogP contribution in [0.2, 0.25) is 0 Å². The van der Waals surface area contributed by atoms with Gasteiger partial charge in [0.2, 0.25) is 0 Å². The standard InChI is InChI=1S/C18H34NO2S2.Mo/c1-5-9-11-16(7-3)13-19(21-15-20)18(22)23-14-17(8-4)12-10-6-2;/h16-17H,5-14H2,1-4H3;/q-1;. The maximum Gasteiger partial charge on any atom is 0.167 e. The molecule has 0 saturated carbocycles. The van der Waals surface area contributed by atoms with E-state index in [0.717, 1.165) is 18.6 Å². The number of rotatable bonds is 14. The molecule has 142 valence electrons. The topological polar surface area (TPSA) is 29.5 Å². The van der Waals surface area contributed by atoms with Crippen molar-refractivity contribution in [2.75, 3.05) is 12.3 Å². The van der Waals surface area contributed by atoms with Gasteiger partial charge in [0.1, 0.15) is 0 Å². The van der Waals surface area contributed by atoms with Crippen LogP contribution in [0.3, 0.4) is 0 Å². The van der Waals surface area contributed by atoms with Crippen LogP contribution in [0.5, 0.6) is 0 Å². The third-order valence-corrected chi connectivity index (χ3v) is 5.95. The van der Waals surface area contributed by atoms with E-state index in [1.807, 2.05) is 0 Å². The van der Waals surface area contributed by atoms with Gasteiger partial charge in [-0.2, -0.15) is 0 Å². The van der Waals surface area contributed by atoms with Gasteiger partial charge in [-0.15, -0.1) is 0 Å². The van der Waals surface area contributed by atoms with E-state index in [1.54, 1.807) is 23.3 Å². The molecule has 0 spiro atoms. The van der Waals surface area contributed by atoms with Crippen molar-refractivity contribution in [3.8, 4) is 0 Å². The van der Waals surface area contributed by atoms with Gasteiger partial charge in [0.25, 0.3) is 0 Å². The first-order chi connectivity index (χ1) is 11.1. The molecule has 6 heteroatoms. The molecule has 0 radical (unpaired) electrons. The Morgan fingerprint density at radius 3 is 2.08 bits per heavy atom. The average Bonchev–Trinajstić information content (AvgIpc) is 2.57. The van der Waals surface area contributed by atoms with Crippen molar-refractivity contribution in [2.45, 2.75) is 79.1 Å². The summed E-state index contributed by atoms with van der Waals surface area (Å²) in [5.74, 6) is 2.19. The summed E-state index contributed by atoms with van der Waals surface area (Å²) >= 11 is 7.12. The number of thioether (sulfide) groups is 1. The Morgan fingerprint density at radius 1 is 1.08 bits per heavy atom. The van der Waals surface area contributed by atoms with Gasteiger partial charge in [0.05, 0.1) is 6.54 Å². The van der Waals surface area contributed by atoms with Gasteiger partial charge < -0.3 is 9.63 Å². The van der Waals surface area contributed by atoms with Crippen LogP contribution in [0, 0.1) is 11.8 Å². The molecule has 0 aliphatic rings. The minimum Gasteiger partial charge on any atom is -0.543 e. The third-order valence-electron chi connectivity index (χ3n) is 4.30. The van der Waals surface area contributed by atoms with Gasteiger partial charge in [0.15, 0.2) is 4.32 Å². The number of hydrogen-bond acceptors (Lipinski definition) is 4. The van der Waals surface area contributed by atoms with Crippen LogP contribution in [0.1, 0.15) is 79.1 Å². The van der Waals surface area contributed by atoms with Crippen LogP contribution in [0.25, 0.3) is 0 Å². The summed E-state index contributed by atoms with van der Waals surface area (Å²) in [6.07, 6.45) is 9.52. The van der Waals surface area contributed by atoms with Crippen molar-refractivity contribution >= 4 is 34.8 Å². The van der Waals surface area contributed by atoms with Crippen molar-refractivity contribution in [3.05, 3.63) is 0 Å². The van der Waals surface area contributed by atoms with Crippen molar-refractivity contribution in [1.29, 1.82) is 0 Å². The van der Waals surface area contributed by atoms with Crippen molar-refractivity contribution < 1.29 is 30.7 Å². The molecule has 0 N–H and O–H groups in total. The van der Waals surface area contributed by atoms with Crippen molar-refractivity contribution in [2.24, 2.45) is 11.8 Å². The van der Waals surface area contributed by atoms with Gasteiger partial charge in [-0.1, -0.05) is 78.0 Å². The van der Waals surface area contributed by atoms with Gasteiger partial charge in [-0.3, -0.25) is 0 Å². The molecule has 24 heavy (non-hydrogen) atoms. The van der Waals surface area contributed by atoms with Gasteiger partial charge in [-0.05, 0) is 43.4 Å². The molecule has 0 saturated heterocycles. The number of unbranched alkanes of at least 4 members (excludes halogenated alkanes) is 2. The van der Waals surface area contributed by atoms with Gasteiger partial charge >= 0.3 is 0 Å². The molecule has 0 aliphatic heterocycles. The minimum absolute atomic E-state index is 0. The fourth-order valence-corrected chi connectivity index (χ4v) is 3.86. The first-order valence-corrected chi connectivity index (χ1v) is 10.5. The van der Waals surface area contributed by atoms with Crippen molar-refractivity contribution in [3.63, 3.8) is 0 Å². The van der Waals surface area contributed by atoms with Gasteiger partial charge in [0, 0.05) is 26.8 Å². The second-order valence-electron chi connectivity index (χ2n) is 6.15. The third kappa shape index (κ3) is 12.7. The molecule has 0 aromatic carbocycles. The smallest absolute Gasteiger partial charge is 0.167 e. The summed E-state index contributed by atoms with van der Waals surface area (Å²) < 4.78 is 0.665.